The van der Waals surface area contributed by atoms with Gasteiger partial charge in [0.25, 0.3) is 15.9 Å². The van der Waals surface area contributed by atoms with Gasteiger partial charge in [0.2, 0.25) is 0 Å². The molecule has 4 heterocycles. The second-order valence-electron chi connectivity index (χ2n) is 15.1. The number of nitrogens with zero attached hydrogens (tertiary/aromatic N) is 4. The average molecular weight is 709 g/mol. The lowest BCUT2D eigenvalue weighted by atomic mass is 9.86. The summed E-state index contributed by atoms with van der Waals surface area (Å²) in [6.45, 7) is 12.8. The quantitative estimate of drug-likeness (QED) is 0.370. The molecule has 2 aliphatic heterocycles. The van der Waals surface area contributed by atoms with Crippen molar-refractivity contribution >= 4 is 33.1 Å². The molecule has 2 amide bonds. The number of benzene rings is 1. The van der Waals surface area contributed by atoms with Crippen LogP contribution in [0.3, 0.4) is 0 Å². The first-order valence-electron chi connectivity index (χ1n) is 16.8. The van der Waals surface area contributed by atoms with Gasteiger partial charge in [0, 0.05) is 43.0 Å². The highest BCUT2D eigenvalue weighted by Gasteiger charge is 2.48. The molecule has 3 atom stereocenters. The van der Waals surface area contributed by atoms with Crippen LogP contribution in [0.25, 0.3) is 22.2 Å². The molecule has 1 fully saturated rings. The van der Waals surface area contributed by atoms with Crippen LogP contribution in [0.2, 0.25) is 0 Å². The van der Waals surface area contributed by atoms with Crippen LogP contribution in [0.5, 0.6) is 0 Å². The molecule has 2 unspecified atom stereocenters. The smallest absolute Gasteiger partial charge is 0.410 e. The number of fused-ring (bicyclic) bond motifs is 2. The minimum Gasteiger partial charge on any atom is -0.444 e. The topological polar surface area (TPSA) is 131 Å². The molecule has 0 saturated carbocycles. The van der Waals surface area contributed by atoms with Crippen molar-refractivity contribution in [3.05, 3.63) is 77.2 Å². The Morgan fingerprint density at radius 2 is 1.86 bits per heavy atom. The van der Waals surface area contributed by atoms with Gasteiger partial charge < -0.3 is 19.5 Å². The van der Waals surface area contributed by atoms with E-state index in [0.717, 1.165) is 26.2 Å². The van der Waals surface area contributed by atoms with Gasteiger partial charge in [-0.25, -0.2) is 26.6 Å². The van der Waals surface area contributed by atoms with Crippen molar-refractivity contribution in [3.8, 4) is 11.1 Å². The van der Waals surface area contributed by atoms with Gasteiger partial charge in [0.1, 0.15) is 22.1 Å². The highest BCUT2D eigenvalue weighted by Crippen LogP contribution is 2.39. The molecule has 13 heteroatoms. The number of carbonyl (C=O) groups excluding carboxylic acids is 2. The SMILES string of the molecule is CC1=CC=CC(C)(S(=O)(=O)n2ccc3cc(-c4cc5c(c([C@@H]6COCCN6C(=O)OC(C)(C)C)c4)CN(C(=O)C(C)(C)O)CC5)cnc32)C1F. The number of allylic oxidation sites excluding steroid dienone is 3. The largest absolute Gasteiger partial charge is 0.444 e. The van der Waals surface area contributed by atoms with E-state index >= 15 is 4.39 Å². The minimum atomic E-state index is -4.25. The molecular weight excluding hydrogens is 663 g/mol. The lowest BCUT2D eigenvalue weighted by Gasteiger charge is -2.40. The average Bonchev–Trinajstić information content (AvgIpc) is 3.49. The maximum absolute atomic E-state index is 15.4. The number of alkyl halides is 1. The van der Waals surface area contributed by atoms with Crippen molar-refractivity contribution in [2.24, 2.45) is 0 Å². The van der Waals surface area contributed by atoms with E-state index in [4.69, 9.17) is 9.47 Å². The van der Waals surface area contributed by atoms with Crippen LogP contribution in [-0.2, 0) is 37.3 Å². The van der Waals surface area contributed by atoms with Gasteiger partial charge in [0.05, 0.1) is 19.3 Å². The Morgan fingerprint density at radius 1 is 1.12 bits per heavy atom. The van der Waals surface area contributed by atoms with Crippen molar-refractivity contribution in [3.63, 3.8) is 0 Å². The zero-order chi connectivity index (χ0) is 36.4. The zero-order valence-corrected chi connectivity index (χ0v) is 30.4. The Hall–Kier alpha value is -4.07. The summed E-state index contributed by atoms with van der Waals surface area (Å²) in [7, 11) is -4.25. The Balaban J connectivity index is 1.43. The van der Waals surface area contributed by atoms with E-state index in [9.17, 15) is 23.1 Å². The molecule has 3 aliphatic rings. The van der Waals surface area contributed by atoms with Crippen molar-refractivity contribution in [2.45, 2.75) is 89.6 Å². The minimum absolute atomic E-state index is 0.179. The van der Waals surface area contributed by atoms with E-state index in [1.54, 1.807) is 41.1 Å². The number of carbonyl (C=O) groups is 2. The lowest BCUT2D eigenvalue weighted by Crippen LogP contribution is -2.48. The number of hydrogen-bond donors (Lipinski definition) is 1. The zero-order valence-electron chi connectivity index (χ0n) is 29.6. The van der Waals surface area contributed by atoms with Crippen LogP contribution in [0.15, 0.2) is 60.5 Å². The first-order chi connectivity index (χ1) is 23.3. The highest BCUT2D eigenvalue weighted by atomic mass is 32.2. The van der Waals surface area contributed by atoms with Crippen LogP contribution in [-0.4, -0.2) is 92.7 Å². The van der Waals surface area contributed by atoms with E-state index in [1.165, 1.54) is 33.0 Å². The fourth-order valence-electron chi connectivity index (χ4n) is 6.91. The van der Waals surface area contributed by atoms with Crippen molar-refractivity contribution in [1.82, 2.24) is 18.8 Å². The Bertz CT molecular complexity index is 2020. The predicted octanol–water partition coefficient (Wildman–Crippen LogP) is 5.46. The molecule has 1 aliphatic carbocycles. The summed E-state index contributed by atoms with van der Waals surface area (Å²) >= 11 is 0. The molecule has 2 aromatic heterocycles. The lowest BCUT2D eigenvalue weighted by molar-refractivity contribution is -0.148. The molecule has 6 rings (SSSR count). The van der Waals surface area contributed by atoms with E-state index in [1.807, 2.05) is 39.0 Å². The van der Waals surface area contributed by atoms with Crippen molar-refractivity contribution in [1.29, 1.82) is 0 Å². The van der Waals surface area contributed by atoms with E-state index in [-0.39, 0.29) is 24.7 Å². The standard InChI is InChI=1S/C37H45FN4O7S/c1-23-9-8-12-37(7,31(23)38)50(46,47)42-14-11-25-18-27(20-39-32(25)42)26-17-24-10-13-40(33(43)36(5,6)45)21-29(24)28(19-26)30-22-48-16-15-41(30)34(44)49-35(2,3)4/h8-9,11-12,14,17-20,30-31,45H,10,13,15-16,21-22H2,1-7H3/t30-,31?,37?/m0/s1. The fraction of sp³-hybridized carbons (Fsp3) is 0.486. The summed E-state index contributed by atoms with van der Waals surface area (Å²) in [5, 5.41) is 11.1. The van der Waals surface area contributed by atoms with Crippen LogP contribution in [0.4, 0.5) is 9.18 Å². The molecule has 1 saturated heterocycles. The fourth-order valence-corrected chi connectivity index (χ4v) is 8.64. The van der Waals surface area contributed by atoms with Crippen LogP contribution < -0.4 is 0 Å². The summed E-state index contributed by atoms with van der Waals surface area (Å²) in [4.78, 5) is 34.5. The van der Waals surface area contributed by atoms with Gasteiger partial charge in [-0.15, -0.1) is 0 Å². The van der Waals surface area contributed by atoms with Crippen LogP contribution >= 0.6 is 0 Å². The third kappa shape index (κ3) is 6.35. The van der Waals surface area contributed by atoms with Gasteiger partial charge in [0.15, 0.2) is 5.65 Å². The third-order valence-electron chi connectivity index (χ3n) is 9.63. The third-order valence-corrected chi connectivity index (χ3v) is 11.9. The monoisotopic (exact) mass is 708 g/mol. The van der Waals surface area contributed by atoms with Gasteiger partial charge in [-0.3, -0.25) is 9.69 Å². The first kappa shape index (κ1) is 35.7. The van der Waals surface area contributed by atoms with Crippen LogP contribution in [0, 0.1) is 0 Å². The maximum Gasteiger partial charge on any atom is 0.410 e. The van der Waals surface area contributed by atoms with E-state index in [2.05, 4.69) is 4.98 Å². The van der Waals surface area contributed by atoms with Crippen LogP contribution in [0.1, 0.15) is 71.2 Å². The molecule has 0 bridgehead atoms. The number of halogens is 1. The number of ether oxygens (including phenoxy) is 2. The van der Waals surface area contributed by atoms with Gasteiger partial charge >= 0.3 is 6.09 Å². The molecule has 11 nitrogen and oxygen atoms in total. The normalized spacial score (nSPS) is 23.1. The molecule has 1 N–H and O–H groups in total. The molecule has 3 aromatic rings. The van der Waals surface area contributed by atoms with Crippen molar-refractivity contribution in [2.75, 3.05) is 26.3 Å². The van der Waals surface area contributed by atoms with E-state index < -0.39 is 44.3 Å². The van der Waals surface area contributed by atoms with Gasteiger partial charge in [-0.05, 0) is 101 Å². The van der Waals surface area contributed by atoms with E-state index in [0.29, 0.717) is 42.6 Å². The molecule has 50 heavy (non-hydrogen) atoms. The predicted molar refractivity (Wildman–Crippen MR) is 188 cm³/mol. The van der Waals surface area contributed by atoms with Crippen molar-refractivity contribution < 1.29 is 37.0 Å². The number of amides is 2. The highest BCUT2D eigenvalue weighted by molar-refractivity contribution is 7.91. The molecule has 0 radical (unpaired) electrons. The number of aliphatic hydroxyl groups is 1. The molecule has 1 aromatic carbocycles. The number of hydrogen-bond acceptors (Lipinski definition) is 8. The number of pyridine rings is 1. The number of aromatic nitrogens is 2. The Labute approximate surface area is 292 Å². The summed E-state index contributed by atoms with van der Waals surface area (Å²) in [5.41, 5.74) is 2.36. The summed E-state index contributed by atoms with van der Waals surface area (Å²) in [6, 6.07) is 6.95. The Morgan fingerprint density at radius 3 is 2.56 bits per heavy atom. The summed E-state index contributed by atoms with van der Waals surface area (Å²) in [5.74, 6) is -0.390. The summed E-state index contributed by atoms with van der Waals surface area (Å²) in [6.07, 6.45) is 5.82. The summed E-state index contributed by atoms with van der Waals surface area (Å²) < 4.78 is 54.1. The van der Waals surface area contributed by atoms with Gasteiger partial charge in [-0.2, -0.15) is 0 Å². The second-order valence-corrected chi connectivity index (χ2v) is 17.3. The molecule has 268 valence electrons. The number of rotatable bonds is 5. The molecular formula is C37H45FN4O7S. The van der Waals surface area contributed by atoms with Gasteiger partial charge in [-0.1, -0.05) is 24.3 Å². The number of morpholine rings is 1. The Kier molecular flexibility index (Phi) is 9.01. The first-order valence-corrected chi connectivity index (χ1v) is 18.2. The molecule has 0 spiro atoms. The maximum atomic E-state index is 15.4. The second kappa shape index (κ2) is 12.6.